The molecule has 0 bridgehead atoms. The molecule has 5 heteroatoms. The van der Waals surface area contributed by atoms with Gasteiger partial charge in [-0.15, -0.1) is 0 Å². The van der Waals surface area contributed by atoms with Gasteiger partial charge in [0.1, 0.15) is 11.4 Å². The zero-order chi connectivity index (χ0) is 13.2. The van der Waals surface area contributed by atoms with E-state index < -0.39 is 5.60 Å². The van der Waals surface area contributed by atoms with E-state index in [9.17, 15) is 4.79 Å². The number of rotatable bonds is 3. The van der Waals surface area contributed by atoms with E-state index in [1.54, 1.807) is 33.1 Å². The molecule has 0 saturated carbocycles. The lowest BCUT2D eigenvalue weighted by Crippen LogP contribution is -2.25. The Balaban J connectivity index is 3.38. The van der Waals surface area contributed by atoms with Gasteiger partial charge in [0.25, 0.3) is 0 Å². The molecule has 1 aromatic rings. The molecule has 0 atom stereocenters. The fourth-order valence-corrected chi connectivity index (χ4v) is 2.57. The molecule has 0 unspecified atom stereocenters. The van der Waals surface area contributed by atoms with Crippen molar-refractivity contribution in [1.29, 1.82) is 0 Å². The van der Waals surface area contributed by atoms with Crippen LogP contribution in [0, 0.1) is 0 Å². The SMILES string of the molecule is COc1c(Br)ccc(Cl)c1C(C)(C)OC(C)=O. The highest BCUT2D eigenvalue weighted by molar-refractivity contribution is 9.10. The van der Waals surface area contributed by atoms with E-state index in [2.05, 4.69) is 15.9 Å². The van der Waals surface area contributed by atoms with E-state index in [1.807, 2.05) is 0 Å². The van der Waals surface area contributed by atoms with E-state index >= 15 is 0 Å². The third-order valence-electron chi connectivity index (χ3n) is 2.26. The lowest BCUT2D eigenvalue weighted by Gasteiger charge is -2.28. The predicted octanol–water partition coefficient (Wildman–Crippen LogP) is 3.91. The third kappa shape index (κ3) is 3.13. The minimum absolute atomic E-state index is 0.368. The molecule has 0 aliphatic heterocycles. The van der Waals surface area contributed by atoms with E-state index in [1.165, 1.54) is 6.92 Å². The summed E-state index contributed by atoms with van der Waals surface area (Å²) < 4.78 is 11.3. The summed E-state index contributed by atoms with van der Waals surface area (Å²) in [6, 6.07) is 3.52. The van der Waals surface area contributed by atoms with Crippen molar-refractivity contribution in [3.8, 4) is 5.75 Å². The highest BCUT2D eigenvalue weighted by Crippen LogP contribution is 2.42. The van der Waals surface area contributed by atoms with Crippen molar-refractivity contribution >= 4 is 33.5 Å². The fraction of sp³-hybridized carbons (Fsp3) is 0.417. The van der Waals surface area contributed by atoms with Gasteiger partial charge < -0.3 is 9.47 Å². The lowest BCUT2D eigenvalue weighted by atomic mass is 9.96. The Kier molecular flexibility index (Phi) is 4.44. The van der Waals surface area contributed by atoms with Crippen LogP contribution in [-0.4, -0.2) is 13.1 Å². The standard InChI is InChI=1S/C12H14BrClO3/c1-7(15)17-12(2,3)10-9(14)6-5-8(13)11(10)16-4/h5-6H,1-4H3. The number of ether oxygens (including phenoxy) is 2. The van der Waals surface area contributed by atoms with E-state index in [0.717, 1.165) is 4.47 Å². The van der Waals surface area contributed by atoms with Crippen molar-refractivity contribution in [3.05, 3.63) is 27.2 Å². The van der Waals surface area contributed by atoms with E-state index in [4.69, 9.17) is 21.1 Å². The van der Waals surface area contributed by atoms with Crippen molar-refractivity contribution < 1.29 is 14.3 Å². The minimum Gasteiger partial charge on any atom is -0.495 e. The zero-order valence-corrected chi connectivity index (χ0v) is 12.5. The molecule has 0 radical (unpaired) electrons. The average Bonchev–Trinajstić information content (AvgIpc) is 2.18. The second-order valence-corrected chi connectivity index (χ2v) is 5.30. The van der Waals surface area contributed by atoms with Crippen molar-refractivity contribution in [1.82, 2.24) is 0 Å². The highest BCUT2D eigenvalue weighted by atomic mass is 79.9. The van der Waals surface area contributed by atoms with Crippen LogP contribution in [-0.2, 0) is 15.1 Å². The molecule has 0 aliphatic rings. The number of hydrogen-bond donors (Lipinski definition) is 0. The van der Waals surface area contributed by atoms with Gasteiger partial charge in [0.05, 0.1) is 22.2 Å². The van der Waals surface area contributed by atoms with Crippen LogP contribution in [0.3, 0.4) is 0 Å². The predicted molar refractivity (Wildman–Crippen MR) is 70.5 cm³/mol. The summed E-state index contributed by atoms with van der Waals surface area (Å²) in [5.74, 6) is 0.205. The summed E-state index contributed by atoms with van der Waals surface area (Å²) in [5.41, 5.74) is -0.204. The van der Waals surface area contributed by atoms with Crippen LogP contribution in [0.25, 0.3) is 0 Å². The van der Waals surface area contributed by atoms with Crippen molar-refractivity contribution in [2.45, 2.75) is 26.4 Å². The lowest BCUT2D eigenvalue weighted by molar-refractivity contribution is -0.154. The number of halogens is 2. The number of methoxy groups -OCH3 is 1. The van der Waals surface area contributed by atoms with Gasteiger partial charge in [-0.25, -0.2) is 0 Å². The molecular weight excluding hydrogens is 307 g/mol. The maximum atomic E-state index is 11.1. The molecule has 0 spiro atoms. The Morgan fingerprint density at radius 3 is 2.47 bits per heavy atom. The largest absolute Gasteiger partial charge is 0.495 e. The number of benzene rings is 1. The first-order valence-electron chi connectivity index (χ1n) is 5.01. The van der Waals surface area contributed by atoms with Gasteiger partial charge in [0.15, 0.2) is 0 Å². The van der Waals surface area contributed by atoms with Gasteiger partial charge in [-0.1, -0.05) is 11.6 Å². The number of carbonyl (C=O) groups excluding carboxylic acids is 1. The smallest absolute Gasteiger partial charge is 0.303 e. The summed E-state index contributed by atoms with van der Waals surface area (Å²) in [4.78, 5) is 11.1. The van der Waals surface area contributed by atoms with Crippen molar-refractivity contribution in [3.63, 3.8) is 0 Å². The van der Waals surface area contributed by atoms with E-state index in [-0.39, 0.29) is 5.97 Å². The molecule has 0 aromatic heterocycles. The first-order valence-corrected chi connectivity index (χ1v) is 6.18. The summed E-state index contributed by atoms with van der Waals surface area (Å²) >= 11 is 9.53. The summed E-state index contributed by atoms with van der Waals surface area (Å²) in [7, 11) is 1.55. The maximum absolute atomic E-state index is 11.1. The quantitative estimate of drug-likeness (QED) is 0.792. The molecule has 0 N–H and O–H groups in total. The van der Waals surface area contributed by atoms with Gasteiger partial charge >= 0.3 is 5.97 Å². The van der Waals surface area contributed by atoms with Gasteiger partial charge in [-0.2, -0.15) is 0 Å². The van der Waals surface area contributed by atoms with Crippen molar-refractivity contribution in [2.75, 3.05) is 7.11 Å². The molecule has 1 rings (SSSR count). The average molecular weight is 322 g/mol. The Morgan fingerprint density at radius 1 is 1.41 bits per heavy atom. The Bertz CT molecular complexity index is 444. The fourth-order valence-electron chi connectivity index (χ4n) is 1.70. The van der Waals surface area contributed by atoms with Crippen LogP contribution in [0.2, 0.25) is 5.02 Å². The van der Waals surface area contributed by atoms with Crippen LogP contribution < -0.4 is 4.74 Å². The molecular formula is C12H14BrClO3. The van der Waals surface area contributed by atoms with Crippen LogP contribution in [0.4, 0.5) is 0 Å². The molecule has 3 nitrogen and oxygen atoms in total. The van der Waals surface area contributed by atoms with Crippen LogP contribution >= 0.6 is 27.5 Å². The van der Waals surface area contributed by atoms with Gasteiger partial charge in [-0.05, 0) is 41.9 Å². The Hall–Kier alpha value is -0.740. The molecule has 17 heavy (non-hydrogen) atoms. The topological polar surface area (TPSA) is 35.5 Å². The van der Waals surface area contributed by atoms with Crippen molar-refractivity contribution in [2.24, 2.45) is 0 Å². The van der Waals surface area contributed by atoms with Gasteiger partial charge in [0, 0.05) is 6.92 Å². The molecule has 1 aromatic carbocycles. The molecule has 94 valence electrons. The van der Waals surface area contributed by atoms with Crippen LogP contribution in [0.5, 0.6) is 5.75 Å². The van der Waals surface area contributed by atoms with E-state index in [0.29, 0.717) is 16.3 Å². The van der Waals surface area contributed by atoms with Gasteiger partial charge in [-0.3, -0.25) is 4.79 Å². The maximum Gasteiger partial charge on any atom is 0.303 e. The van der Waals surface area contributed by atoms with Crippen LogP contribution in [0.15, 0.2) is 16.6 Å². The molecule has 0 saturated heterocycles. The number of hydrogen-bond acceptors (Lipinski definition) is 3. The summed E-state index contributed by atoms with van der Waals surface area (Å²) in [6.45, 7) is 4.90. The monoisotopic (exact) mass is 320 g/mol. The molecule has 0 aliphatic carbocycles. The first kappa shape index (κ1) is 14.3. The minimum atomic E-state index is -0.849. The molecule has 0 heterocycles. The Labute approximate surface area is 114 Å². The Morgan fingerprint density at radius 2 is 2.00 bits per heavy atom. The first-order chi connectivity index (χ1) is 7.79. The van der Waals surface area contributed by atoms with Gasteiger partial charge in [0.2, 0.25) is 0 Å². The normalized spacial score (nSPS) is 11.2. The highest BCUT2D eigenvalue weighted by Gasteiger charge is 2.31. The molecule has 0 fully saturated rings. The number of carbonyl (C=O) groups is 1. The zero-order valence-electron chi connectivity index (χ0n) is 10.1. The summed E-state index contributed by atoms with van der Waals surface area (Å²) in [6.07, 6.45) is 0. The van der Waals surface area contributed by atoms with Crippen LogP contribution in [0.1, 0.15) is 26.3 Å². The second-order valence-electron chi connectivity index (χ2n) is 4.04. The molecule has 0 amide bonds. The summed E-state index contributed by atoms with van der Waals surface area (Å²) in [5, 5.41) is 0.497. The number of esters is 1. The third-order valence-corrected chi connectivity index (χ3v) is 3.20. The second kappa shape index (κ2) is 5.27.